The van der Waals surface area contributed by atoms with Crippen molar-refractivity contribution in [1.29, 1.82) is 0 Å². The van der Waals surface area contributed by atoms with E-state index in [0.717, 1.165) is 33.6 Å². The summed E-state index contributed by atoms with van der Waals surface area (Å²) in [5.41, 5.74) is 3.44. The monoisotopic (exact) mass is 536 g/mol. The molecule has 0 aliphatic carbocycles. The molecule has 0 unspecified atom stereocenters. The second-order valence-corrected chi connectivity index (χ2v) is 11.7. The minimum Gasteiger partial charge on any atom is -0.463 e. The van der Waals surface area contributed by atoms with Gasteiger partial charge in [-0.15, -0.1) is 11.3 Å². The van der Waals surface area contributed by atoms with Gasteiger partial charge in [0.05, 0.1) is 6.10 Å². The number of thiazole rings is 1. The van der Waals surface area contributed by atoms with Crippen LogP contribution in [0.15, 0.2) is 82.9 Å². The third kappa shape index (κ3) is 7.28. The van der Waals surface area contributed by atoms with E-state index in [2.05, 4.69) is 15.0 Å². The Balaban J connectivity index is 1.54. The summed E-state index contributed by atoms with van der Waals surface area (Å²) in [6.45, 7) is 3.97. The average molecular weight is 537 g/mol. The Morgan fingerprint density at radius 1 is 0.919 bits per heavy atom. The molecule has 0 atom stereocenters. The van der Waals surface area contributed by atoms with Gasteiger partial charge in [0.25, 0.3) is 10.0 Å². The molecular formula is C27H28N4O4S2. The van der Waals surface area contributed by atoms with E-state index in [0.29, 0.717) is 12.2 Å². The third-order valence-electron chi connectivity index (χ3n) is 5.44. The maximum Gasteiger partial charge on any atom is 0.306 e. The highest BCUT2D eigenvalue weighted by Gasteiger charge is 2.27. The van der Waals surface area contributed by atoms with Crippen molar-refractivity contribution in [1.82, 2.24) is 19.3 Å². The lowest BCUT2D eigenvalue weighted by atomic mass is 10.1. The number of hydrogen-bond donors (Lipinski definition) is 0. The number of esters is 1. The molecule has 0 saturated carbocycles. The lowest BCUT2D eigenvalue weighted by Gasteiger charge is -2.21. The number of carbonyl (C=O) groups excluding carboxylic acids is 1. The molecular weight excluding hydrogens is 508 g/mol. The smallest absolute Gasteiger partial charge is 0.306 e. The zero-order chi connectivity index (χ0) is 26.3. The Morgan fingerprint density at radius 2 is 1.62 bits per heavy atom. The molecule has 192 valence electrons. The van der Waals surface area contributed by atoms with Gasteiger partial charge < -0.3 is 4.74 Å². The molecule has 0 fully saturated rings. The summed E-state index contributed by atoms with van der Waals surface area (Å²) in [5.74, 6) is 0.355. The van der Waals surface area contributed by atoms with Gasteiger partial charge in [-0.25, -0.2) is 23.4 Å². The van der Waals surface area contributed by atoms with Crippen LogP contribution in [0.3, 0.4) is 0 Å². The Hall–Kier alpha value is -3.47. The van der Waals surface area contributed by atoms with Gasteiger partial charge in [0, 0.05) is 49.0 Å². The van der Waals surface area contributed by atoms with Crippen LogP contribution in [-0.2, 0) is 39.1 Å². The molecule has 37 heavy (non-hydrogen) atoms. The lowest BCUT2D eigenvalue weighted by Crippen LogP contribution is -2.30. The number of carbonyl (C=O) groups is 1. The number of sulfonamides is 1. The number of aryl methyl sites for hydroxylation is 1. The van der Waals surface area contributed by atoms with Crippen LogP contribution in [0.4, 0.5) is 0 Å². The van der Waals surface area contributed by atoms with Crippen molar-refractivity contribution in [2.75, 3.05) is 0 Å². The Kier molecular flexibility index (Phi) is 8.75. The number of hydrogen-bond acceptors (Lipinski definition) is 8. The Bertz CT molecular complexity index is 1410. The van der Waals surface area contributed by atoms with Crippen molar-refractivity contribution in [2.24, 2.45) is 0 Å². The standard InChI is InChI=1S/C27H28N4O4S2/c1-20(2)35-25(32)12-9-21-5-3-6-23(17-21)19-31(37(33,34)27-30-15-16-36-27)18-22-7-10-24(11-8-22)26-28-13-4-14-29-26/h3-8,10-11,13-17,20H,9,12,18-19H2,1-2H3. The molecule has 4 aromatic rings. The molecule has 10 heteroatoms. The van der Waals surface area contributed by atoms with Crippen molar-refractivity contribution < 1.29 is 17.9 Å². The summed E-state index contributed by atoms with van der Waals surface area (Å²) < 4.78 is 33.7. The highest BCUT2D eigenvalue weighted by atomic mass is 32.2. The maximum absolute atomic E-state index is 13.5. The van der Waals surface area contributed by atoms with E-state index in [4.69, 9.17) is 4.74 Å². The van der Waals surface area contributed by atoms with Gasteiger partial charge in [-0.2, -0.15) is 4.31 Å². The first kappa shape index (κ1) is 26.6. The number of rotatable bonds is 11. The summed E-state index contributed by atoms with van der Waals surface area (Å²) >= 11 is 1.09. The summed E-state index contributed by atoms with van der Waals surface area (Å²) in [7, 11) is -3.83. The van der Waals surface area contributed by atoms with E-state index < -0.39 is 10.0 Å². The quantitative estimate of drug-likeness (QED) is 0.252. The van der Waals surface area contributed by atoms with E-state index in [-0.39, 0.29) is 35.9 Å². The zero-order valence-electron chi connectivity index (χ0n) is 20.6. The van der Waals surface area contributed by atoms with E-state index in [9.17, 15) is 13.2 Å². The van der Waals surface area contributed by atoms with Gasteiger partial charge in [-0.3, -0.25) is 4.79 Å². The van der Waals surface area contributed by atoms with Crippen molar-refractivity contribution in [3.63, 3.8) is 0 Å². The van der Waals surface area contributed by atoms with E-state index >= 15 is 0 Å². The first-order valence-corrected chi connectivity index (χ1v) is 14.2. The molecule has 2 aromatic carbocycles. The SMILES string of the molecule is CC(C)OC(=O)CCc1cccc(CN(Cc2ccc(-c3ncccn3)cc2)S(=O)(=O)c2nccs2)c1. The molecule has 0 radical (unpaired) electrons. The van der Waals surface area contributed by atoms with Gasteiger partial charge in [0.1, 0.15) is 0 Å². The van der Waals surface area contributed by atoms with Crippen molar-refractivity contribution >= 4 is 27.3 Å². The van der Waals surface area contributed by atoms with E-state index in [1.807, 2.05) is 62.4 Å². The number of ether oxygens (including phenoxy) is 1. The van der Waals surface area contributed by atoms with Crippen LogP contribution in [0.1, 0.15) is 37.0 Å². The Labute approximate surface area is 221 Å². The first-order chi connectivity index (χ1) is 17.8. The average Bonchev–Trinajstić information content (AvgIpc) is 3.44. The summed E-state index contributed by atoms with van der Waals surface area (Å²) in [6, 6.07) is 16.9. The largest absolute Gasteiger partial charge is 0.463 e. The van der Waals surface area contributed by atoms with Gasteiger partial charge >= 0.3 is 5.97 Å². The Morgan fingerprint density at radius 3 is 2.30 bits per heavy atom. The highest BCUT2D eigenvalue weighted by Crippen LogP contribution is 2.24. The van der Waals surface area contributed by atoms with Crippen LogP contribution >= 0.6 is 11.3 Å². The molecule has 2 heterocycles. The third-order valence-corrected chi connectivity index (χ3v) is 8.41. The molecule has 0 amide bonds. The fourth-order valence-corrected chi connectivity index (χ4v) is 6.12. The van der Waals surface area contributed by atoms with Crippen LogP contribution in [0.2, 0.25) is 0 Å². The zero-order valence-corrected chi connectivity index (χ0v) is 22.3. The van der Waals surface area contributed by atoms with Crippen LogP contribution in [-0.4, -0.2) is 39.7 Å². The molecule has 0 N–H and O–H groups in total. The maximum atomic E-state index is 13.5. The van der Waals surface area contributed by atoms with Gasteiger partial charge in [0.15, 0.2) is 5.82 Å². The molecule has 0 aliphatic heterocycles. The number of nitrogens with zero attached hydrogens (tertiary/aromatic N) is 4. The second-order valence-electron chi connectivity index (χ2n) is 8.70. The molecule has 8 nitrogen and oxygen atoms in total. The molecule has 0 bridgehead atoms. The minimum atomic E-state index is -3.83. The second kappa shape index (κ2) is 12.2. The molecule has 4 rings (SSSR count). The molecule has 2 aromatic heterocycles. The van der Waals surface area contributed by atoms with E-state index in [1.165, 1.54) is 10.5 Å². The van der Waals surface area contributed by atoms with Crippen molar-refractivity contribution in [3.05, 3.63) is 95.3 Å². The van der Waals surface area contributed by atoms with Crippen LogP contribution < -0.4 is 0 Å². The van der Waals surface area contributed by atoms with Crippen molar-refractivity contribution in [2.45, 2.75) is 50.2 Å². The fraction of sp³-hybridized carbons (Fsp3) is 0.259. The minimum absolute atomic E-state index is 0.0504. The van der Waals surface area contributed by atoms with Gasteiger partial charge in [-0.1, -0.05) is 48.5 Å². The fourth-order valence-electron chi connectivity index (χ4n) is 3.74. The van der Waals surface area contributed by atoms with Crippen LogP contribution in [0.25, 0.3) is 11.4 Å². The predicted molar refractivity (Wildman–Crippen MR) is 142 cm³/mol. The summed E-state index contributed by atoms with van der Waals surface area (Å²) in [5, 5.41) is 1.65. The predicted octanol–water partition coefficient (Wildman–Crippen LogP) is 4.88. The molecule has 0 spiro atoms. The molecule has 0 saturated heterocycles. The van der Waals surface area contributed by atoms with Gasteiger partial charge in [-0.05, 0) is 43.0 Å². The topological polar surface area (TPSA) is 102 Å². The summed E-state index contributed by atoms with van der Waals surface area (Å²) in [4.78, 5) is 24.5. The van der Waals surface area contributed by atoms with Crippen LogP contribution in [0, 0.1) is 0 Å². The number of aromatic nitrogens is 3. The first-order valence-electron chi connectivity index (χ1n) is 11.8. The van der Waals surface area contributed by atoms with Gasteiger partial charge in [0.2, 0.25) is 4.34 Å². The van der Waals surface area contributed by atoms with Crippen LogP contribution in [0.5, 0.6) is 0 Å². The normalized spacial score (nSPS) is 11.7. The summed E-state index contributed by atoms with van der Waals surface area (Å²) in [6.07, 6.45) is 5.47. The lowest BCUT2D eigenvalue weighted by molar-refractivity contribution is -0.147. The van der Waals surface area contributed by atoms with E-state index in [1.54, 1.807) is 23.8 Å². The van der Waals surface area contributed by atoms with Crippen molar-refractivity contribution in [3.8, 4) is 11.4 Å². The highest BCUT2D eigenvalue weighted by molar-refractivity contribution is 7.91. The number of benzene rings is 2. The molecule has 0 aliphatic rings.